The Hall–Kier alpha value is -1.56. The molecule has 66 valence electrons. The van der Waals surface area contributed by atoms with E-state index in [-0.39, 0.29) is 0 Å². The molecule has 0 amide bonds. The van der Waals surface area contributed by atoms with Gasteiger partial charge in [0.05, 0.1) is 5.56 Å². The lowest BCUT2D eigenvalue weighted by molar-refractivity contribution is 1.09. The number of rotatable bonds is 2. The maximum absolute atomic E-state index is 8.64. The lowest BCUT2D eigenvalue weighted by Gasteiger charge is -2.06. The van der Waals surface area contributed by atoms with E-state index in [1.54, 1.807) is 6.20 Å². The van der Waals surface area contributed by atoms with Gasteiger partial charge in [-0.2, -0.15) is 5.26 Å². The molecule has 1 aliphatic rings. The van der Waals surface area contributed by atoms with E-state index >= 15 is 0 Å². The van der Waals surface area contributed by atoms with Gasteiger partial charge in [0.2, 0.25) is 0 Å². The number of anilines is 1. The molecule has 3 heteroatoms. The van der Waals surface area contributed by atoms with Crippen LogP contribution in [0.5, 0.6) is 0 Å². The van der Waals surface area contributed by atoms with Gasteiger partial charge in [-0.3, -0.25) is 0 Å². The van der Waals surface area contributed by atoms with Crippen LogP contribution in [0.4, 0.5) is 5.82 Å². The quantitative estimate of drug-likeness (QED) is 0.742. The molecule has 1 N–H and O–H groups in total. The van der Waals surface area contributed by atoms with Crippen LogP contribution in [0.3, 0.4) is 0 Å². The summed E-state index contributed by atoms with van der Waals surface area (Å²) in [5.74, 6) is 0.918. The molecule has 0 unspecified atom stereocenters. The van der Waals surface area contributed by atoms with Gasteiger partial charge in [-0.25, -0.2) is 4.98 Å². The van der Waals surface area contributed by atoms with Gasteiger partial charge in [0.25, 0.3) is 0 Å². The maximum atomic E-state index is 8.64. The normalized spacial score (nSPS) is 15.1. The molecule has 1 aromatic rings. The average Bonchev–Trinajstić information content (AvgIpc) is 2.92. The number of nitrogens with zero attached hydrogens (tertiary/aromatic N) is 2. The fraction of sp³-hybridized carbons (Fsp3) is 0.400. The van der Waals surface area contributed by atoms with E-state index in [0.717, 1.165) is 11.4 Å². The van der Waals surface area contributed by atoms with Gasteiger partial charge in [-0.15, -0.1) is 0 Å². The van der Waals surface area contributed by atoms with Crippen molar-refractivity contribution in [2.45, 2.75) is 25.8 Å². The minimum Gasteiger partial charge on any atom is -0.367 e. The summed E-state index contributed by atoms with van der Waals surface area (Å²) in [6.45, 7) is 1.97. The van der Waals surface area contributed by atoms with Crippen LogP contribution in [0.1, 0.15) is 24.0 Å². The Morgan fingerprint density at radius 2 is 2.38 bits per heavy atom. The zero-order chi connectivity index (χ0) is 9.26. The molecule has 0 radical (unpaired) electrons. The van der Waals surface area contributed by atoms with Gasteiger partial charge in [0, 0.05) is 12.2 Å². The Bertz CT molecular complexity index is 361. The van der Waals surface area contributed by atoms with Crippen molar-refractivity contribution in [1.82, 2.24) is 4.98 Å². The summed E-state index contributed by atoms with van der Waals surface area (Å²) in [7, 11) is 0. The zero-order valence-corrected chi connectivity index (χ0v) is 7.54. The predicted octanol–water partition coefficient (Wildman–Crippen LogP) is 1.84. The lowest BCUT2D eigenvalue weighted by Crippen LogP contribution is -2.04. The maximum Gasteiger partial charge on any atom is 0.129 e. The highest BCUT2D eigenvalue weighted by Gasteiger charge is 2.21. The Morgan fingerprint density at radius 1 is 1.62 bits per heavy atom. The van der Waals surface area contributed by atoms with Crippen LogP contribution in [0, 0.1) is 18.3 Å². The Balaban J connectivity index is 2.21. The van der Waals surface area contributed by atoms with E-state index in [1.165, 1.54) is 12.8 Å². The van der Waals surface area contributed by atoms with E-state index in [4.69, 9.17) is 5.26 Å². The fourth-order valence-electron chi connectivity index (χ4n) is 1.21. The smallest absolute Gasteiger partial charge is 0.129 e. The monoisotopic (exact) mass is 173 g/mol. The van der Waals surface area contributed by atoms with Gasteiger partial charge in [-0.05, 0) is 31.4 Å². The molecule has 0 aromatic carbocycles. The summed E-state index contributed by atoms with van der Waals surface area (Å²) in [4.78, 5) is 4.20. The van der Waals surface area contributed by atoms with Crippen molar-refractivity contribution in [1.29, 1.82) is 5.26 Å². The number of hydrogen-bond acceptors (Lipinski definition) is 3. The van der Waals surface area contributed by atoms with E-state index in [2.05, 4.69) is 16.4 Å². The second-order valence-corrected chi connectivity index (χ2v) is 3.42. The lowest BCUT2D eigenvalue weighted by atomic mass is 10.2. The SMILES string of the molecule is Cc1cc(C#N)cnc1NC1CC1. The fourth-order valence-corrected chi connectivity index (χ4v) is 1.21. The third-order valence-electron chi connectivity index (χ3n) is 2.13. The molecule has 3 nitrogen and oxygen atoms in total. The summed E-state index contributed by atoms with van der Waals surface area (Å²) in [5.41, 5.74) is 1.67. The summed E-state index contributed by atoms with van der Waals surface area (Å²) in [6, 6.07) is 4.54. The van der Waals surface area contributed by atoms with Gasteiger partial charge < -0.3 is 5.32 Å². The van der Waals surface area contributed by atoms with Gasteiger partial charge in [0.15, 0.2) is 0 Å². The first-order valence-corrected chi connectivity index (χ1v) is 4.43. The zero-order valence-electron chi connectivity index (χ0n) is 7.54. The predicted molar refractivity (Wildman–Crippen MR) is 50.3 cm³/mol. The van der Waals surface area contributed by atoms with Crippen molar-refractivity contribution in [3.63, 3.8) is 0 Å². The van der Waals surface area contributed by atoms with Crippen molar-refractivity contribution >= 4 is 5.82 Å². The highest BCUT2D eigenvalue weighted by molar-refractivity contribution is 5.48. The molecule has 0 spiro atoms. The van der Waals surface area contributed by atoms with Crippen molar-refractivity contribution < 1.29 is 0 Å². The molecule has 2 rings (SSSR count). The van der Waals surface area contributed by atoms with Crippen LogP contribution in [-0.2, 0) is 0 Å². The summed E-state index contributed by atoms with van der Waals surface area (Å²) >= 11 is 0. The van der Waals surface area contributed by atoms with Gasteiger partial charge in [-0.1, -0.05) is 0 Å². The van der Waals surface area contributed by atoms with E-state index < -0.39 is 0 Å². The van der Waals surface area contributed by atoms with Gasteiger partial charge in [0.1, 0.15) is 11.9 Å². The number of nitrogens with one attached hydrogen (secondary N) is 1. The summed E-state index contributed by atoms with van der Waals surface area (Å²) < 4.78 is 0. The van der Waals surface area contributed by atoms with Crippen LogP contribution in [0.2, 0.25) is 0 Å². The van der Waals surface area contributed by atoms with E-state index in [0.29, 0.717) is 11.6 Å². The largest absolute Gasteiger partial charge is 0.367 e. The molecular formula is C10H11N3. The molecule has 1 heterocycles. The Morgan fingerprint density at radius 3 is 2.92 bits per heavy atom. The van der Waals surface area contributed by atoms with Crippen molar-refractivity contribution in [3.05, 3.63) is 23.4 Å². The first-order chi connectivity index (χ1) is 6.29. The third kappa shape index (κ3) is 1.78. The Labute approximate surface area is 77.4 Å². The third-order valence-corrected chi connectivity index (χ3v) is 2.13. The van der Waals surface area contributed by atoms with Crippen molar-refractivity contribution in [3.8, 4) is 6.07 Å². The highest BCUT2D eigenvalue weighted by Crippen LogP contribution is 2.25. The standard InChI is InChI=1S/C10H11N3/c1-7-4-8(5-11)6-12-10(7)13-9-2-3-9/h4,6,9H,2-3H2,1H3,(H,12,13). The number of aryl methyl sites for hydroxylation is 1. The molecule has 1 fully saturated rings. The minimum atomic E-state index is 0.610. The molecule has 1 aromatic heterocycles. The summed E-state index contributed by atoms with van der Waals surface area (Å²) in [6.07, 6.45) is 4.08. The second-order valence-electron chi connectivity index (χ2n) is 3.42. The number of aromatic nitrogens is 1. The Kier molecular flexibility index (Phi) is 1.90. The minimum absolute atomic E-state index is 0.610. The second kappa shape index (κ2) is 3.06. The van der Waals surface area contributed by atoms with E-state index in [9.17, 15) is 0 Å². The molecule has 0 saturated heterocycles. The molecule has 0 atom stereocenters. The van der Waals surface area contributed by atoms with Crippen LogP contribution in [0.25, 0.3) is 0 Å². The van der Waals surface area contributed by atoms with Crippen LogP contribution in [-0.4, -0.2) is 11.0 Å². The first-order valence-electron chi connectivity index (χ1n) is 4.43. The number of hydrogen-bond donors (Lipinski definition) is 1. The topological polar surface area (TPSA) is 48.7 Å². The first kappa shape index (κ1) is 8.06. The summed E-state index contributed by atoms with van der Waals surface area (Å²) in [5, 5.41) is 12.0. The molecule has 1 saturated carbocycles. The highest BCUT2D eigenvalue weighted by atomic mass is 15.0. The van der Waals surface area contributed by atoms with Crippen molar-refractivity contribution in [2.75, 3.05) is 5.32 Å². The van der Waals surface area contributed by atoms with E-state index in [1.807, 2.05) is 13.0 Å². The van der Waals surface area contributed by atoms with Gasteiger partial charge >= 0.3 is 0 Å². The molecule has 0 aliphatic heterocycles. The average molecular weight is 173 g/mol. The van der Waals surface area contributed by atoms with Crippen LogP contribution in [0.15, 0.2) is 12.3 Å². The van der Waals surface area contributed by atoms with Crippen LogP contribution < -0.4 is 5.32 Å². The number of pyridine rings is 1. The van der Waals surface area contributed by atoms with Crippen molar-refractivity contribution in [2.24, 2.45) is 0 Å². The molecule has 1 aliphatic carbocycles. The molecule has 13 heavy (non-hydrogen) atoms. The van der Waals surface area contributed by atoms with Crippen LogP contribution >= 0.6 is 0 Å². The number of nitriles is 1. The molecule has 0 bridgehead atoms. The molecular weight excluding hydrogens is 162 g/mol.